The van der Waals surface area contributed by atoms with Crippen LogP contribution in [-0.4, -0.2) is 13.5 Å². The molecule has 12 aromatic rings. The molecule has 0 amide bonds. The van der Waals surface area contributed by atoms with Gasteiger partial charge in [0, 0.05) is 66.3 Å². The smallest absolute Gasteiger partial charge is 0.0620 e. The lowest BCUT2D eigenvalue weighted by atomic mass is 9.85. The number of para-hydroxylation sites is 5. The third-order valence-electron chi connectivity index (χ3n) is 12.7. The summed E-state index contributed by atoms with van der Waals surface area (Å²) < 4.78 is 7.40. The molecule has 0 fully saturated rings. The van der Waals surface area contributed by atoms with Crippen LogP contribution in [0.5, 0.6) is 0 Å². The van der Waals surface area contributed by atoms with Crippen LogP contribution < -0.4 is 0 Å². The van der Waals surface area contributed by atoms with E-state index in [-0.39, 0.29) is 5.92 Å². The second-order valence-electron chi connectivity index (χ2n) is 15.6. The first-order valence-electron chi connectivity index (χ1n) is 20.0. The standard InChI is InChI=1S/C54H35N3/c1-3-13-37(14-4-1)55-48-23-9-8-18-41(48)45-31-34(25-28-50(45)55)35-26-29-51-46(32-35)43-21-11-19-39(53(43)56(51)38-15-5-2-6-16-38)36-27-30-52-47(33-36)44-22-12-20-42-40-17-7-10-24-49(40)57(52)54(42)44/h1-18,20-33,39H,19H2. The molecule has 266 valence electrons. The Morgan fingerprint density at radius 2 is 0.912 bits per heavy atom. The topological polar surface area (TPSA) is 14.3 Å². The fourth-order valence-electron chi connectivity index (χ4n) is 10.3. The Labute approximate surface area is 328 Å². The van der Waals surface area contributed by atoms with Crippen molar-refractivity contribution >= 4 is 76.9 Å². The third-order valence-corrected chi connectivity index (χ3v) is 12.7. The van der Waals surface area contributed by atoms with Crippen molar-refractivity contribution in [2.75, 3.05) is 0 Å². The predicted octanol–water partition coefficient (Wildman–Crippen LogP) is 14.1. The van der Waals surface area contributed by atoms with Crippen molar-refractivity contribution in [3.8, 4) is 22.5 Å². The van der Waals surface area contributed by atoms with E-state index in [2.05, 4.69) is 208 Å². The molecule has 0 saturated carbocycles. The number of aromatic nitrogens is 3. The summed E-state index contributed by atoms with van der Waals surface area (Å²) in [6, 6.07) is 67.4. The maximum atomic E-state index is 2.53. The zero-order chi connectivity index (χ0) is 37.2. The number of rotatable bonds is 4. The van der Waals surface area contributed by atoms with E-state index in [1.165, 1.54) is 110 Å². The minimum Gasteiger partial charge on any atom is -0.312 e. The lowest BCUT2D eigenvalue weighted by Crippen LogP contribution is -2.11. The molecule has 1 atom stereocenters. The van der Waals surface area contributed by atoms with E-state index in [4.69, 9.17) is 0 Å². The van der Waals surface area contributed by atoms with E-state index in [9.17, 15) is 0 Å². The van der Waals surface area contributed by atoms with E-state index in [0.717, 1.165) is 6.42 Å². The second kappa shape index (κ2) is 11.6. The molecule has 4 heterocycles. The zero-order valence-corrected chi connectivity index (χ0v) is 31.1. The summed E-state index contributed by atoms with van der Waals surface area (Å²) >= 11 is 0. The highest BCUT2D eigenvalue weighted by Gasteiger charge is 2.29. The monoisotopic (exact) mass is 725 g/mol. The molecule has 3 nitrogen and oxygen atoms in total. The first-order chi connectivity index (χ1) is 28.3. The lowest BCUT2D eigenvalue weighted by molar-refractivity contribution is 0.765. The van der Waals surface area contributed by atoms with Crippen LogP contribution in [0.2, 0.25) is 0 Å². The average molecular weight is 726 g/mol. The van der Waals surface area contributed by atoms with Gasteiger partial charge in [-0.25, -0.2) is 0 Å². The van der Waals surface area contributed by atoms with Gasteiger partial charge in [-0.3, -0.25) is 0 Å². The molecule has 0 spiro atoms. The second-order valence-corrected chi connectivity index (χ2v) is 15.6. The minimum atomic E-state index is 0.197. The van der Waals surface area contributed by atoms with Crippen LogP contribution in [0.15, 0.2) is 188 Å². The molecule has 1 unspecified atom stereocenters. The van der Waals surface area contributed by atoms with E-state index in [1.54, 1.807) is 0 Å². The molecule has 1 aliphatic rings. The van der Waals surface area contributed by atoms with Crippen molar-refractivity contribution < 1.29 is 0 Å². The van der Waals surface area contributed by atoms with E-state index >= 15 is 0 Å². The molecule has 8 aromatic carbocycles. The number of hydrogen-bond donors (Lipinski definition) is 0. The SMILES string of the molecule is C1=Cc2c(n(-c3ccccc3)c3ccc(-c4ccc5c(c4)c4ccccc4n5-c4ccccc4)cc23)C(c2ccc3c(c2)c2cccc4c5ccccc5n3c42)C1. The first-order valence-corrected chi connectivity index (χ1v) is 20.0. The van der Waals surface area contributed by atoms with Crippen LogP contribution in [0, 0.1) is 0 Å². The van der Waals surface area contributed by atoms with Crippen molar-refractivity contribution in [1.29, 1.82) is 0 Å². The van der Waals surface area contributed by atoms with Gasteiger partial charge in [0.15, 0.2) is 0 Å². The van der Waals surface area contributed by atoms with Gasteiger partial charge in [0.05, 0.1) is 33.1 Å². The fraction of sp³-hybridized carbons (Fsp3) is 0.0370. The Bertz CT molecular complexity index is 3600. The summed E-state index contributed by atoms with van der Waals surface area (Å²) in [6.07, 6.45) is 5.72. The normalized spacial score (nSPS) is 14.4. The zero-order valence-electron chi connectivity index (χ0n) is 31.1. The summed E-state index contributed by atoms with van der Waals surface area (Å²) in [7, 11) is 0. The maximum Gasteiger partial charge on any atom is 0.0620 e. The molecule has 13 rings (SSSR count). The number of benzene rings is 8. The summed E-state index contributed by atoms with van der Waals surface area (Å²) in [5, 5.41) is 9.11. The number of fused-ring (bicyclic) bond motifs is 12. The van der Waals surface area contributed by atoms with Crippen LogP contribution in [0.1, 0.15) is 29.2 Å². The van der Waals surface area contributed by atoms with Crippen molar-refractivity contribution in [2.45, 2.75) is 12.3 Å². The molecule has 4 aromatic heterocycles. The molecule has 0 aliphatic heterocycles. The Hall–Kier alpha value is -7.36. The maximum absolute atomic E-state index is 2.53. The van der Waals surface area contributed by atoms with Crippen LogP contribution in [0.25, 0.3) is 99.4 Å². The van der Waals surface area contributed by atoms with Gasteiger partial charge in [-0.1, -0.05) is 121 Å². The highest BCUT2D eigenvalue weighted by Crippen LogP contribution is 2.46. The fourth-order valence-corrected chi connectivity index (χ4v) is 10.3. The van der Waals surface area contributed by atoms with Gasteiger partial charge in [0.25, 0.3) is 0 Å². The van der Waals surface area contributed by atoms with Crippen molar-refractivity contribution in [1.82, 2.24) is 13.5 Å². The van der Waals surface area contributed by atoms with Gasteiger partial charge in [0.2, 0.25) is 0 Å². The van der Waals surface area contributed by atoms with Gasteiger partial charge in [-0.15, -0.1) is 0 Å². The van der Waals surface area contributed by atoms with Crippen LogP contribution in [0.4, 0.5) is 0 Å². The van der Waals surface area contributed by atoms with Gasteiger partial charge in [-0.2, -0.15) is 0 Å². The van der Waals surface area contributed by atoms with Crippen molar-refractivity contribution in [3.05, 3.63) is 205 Å². The van der Waals surface area contributed by atoms with Gasteiger partial charge < -0.3 is 13.5 Å². The summed E-state index contributed by atoms with van der Waals surface area (Å²) in [5.74, 6) is 0.197. The molecule has 0 saturated heterocycles. The van der Waals surface area contributed by atoms with Gasteiger partial charge in [-0.05, 0) is 95.9 Å². The van der Waals surface area contributed by atoms with E-state index in [1.807, 2.05) is 0 Å². The summed E-state index contributed by atoms with van der Waals surface area (Å²) in [4.78, 5) is 0. The Kier molecular flexibility index (Phi) is 6.28. The van der Waals surface area contributed by atoms with Crippen molar-refractivity contribution in [3.63, 3.8) is 0 Å². The predicted molar refractivity (Wildman–Crippen MR) is 240 cm³/mol. The molecule has 0 radical (unpaired) electrons. The molecule has 0 bridgehead atoms. The third kappa shape index (κ3) is 4.26. The van der Waals surface area contributed by atoms with Crippen LogP contribution >= 0.6 is 0 Å². The Morgan fingerprint density at radius 1 is 0.386 bits per heavy atom. The first kappa shape index (κ1) is 30.9. The van der Waals surface area contributed by atoms with Crippen LogP contribution in [-0.2, 0) is 0 Å². The summed E-state index contributed by atoms with van der Waals surface area (Å²) in [6.45, 7) is 0. The van der Waals surface area contributed by atoms with Crippen molar-refractivity contribution in [2.24, 2.45) is 0 Å². The molecule has 1 aliphatic carbocycles. The molecular formula is C54H35N3. The molecular weight excluding hydrogens is 691 g/mol. The number of allylic oxidation sites excluding steroid dienone is 1. The van der Waals surface area contributed by atoms with E-state index < -0.39 is 0 Å². The molecule has 3 heteroatoms. The average Bonchev–Trinajstić information content (AvgIpc) is 4.01. The van der Waals surface area contributed by atoms with Gasteiger partial charge >= 0.3 is 0 Å². The van der Waals surface area contributed by atoms with E-state index in [0.29, 0.717) is 0 Å². The Balaban J connectivity index is 1.01. The highest BCUT2D eigenvalue weighted by atomic mass is 15.0. The minimum absolute atomic E-state index is 0.197. The van der Waals surface area contributed by atoms with Crippen LogP contribution in [0.3, 0.4) is 0 Å². The lowest BCUT2D eigenvalue weighted by Gasteiger charge is -2.24. The Morgan fingerprint density at radius 3 is 1.67 bits per heavy atom. The quantitative estimate of drug-likeness (QED) is 0.172. The molecule has 57 heavy (non-hydrogen) atoms. The summed E-state index contributed by atoms with van der Waals surface area (Å²) in [5.41, 5.74) is 16.4. The number of nitrogens with zero attached hydrogens (tertiary/aromatic N) is 3. The largest absolute Gasteiger partial charge is 0.312 e. The highest BCUT2D eigenvalue weighted by molar-refractivity contribution is 6.23. The molecule has 0 N–H and O–H groups in total. The van der Waals surface area contributed by atoms with Gasteiger partial charge in [0.1, 0.15) is 0 Å². The number of hydrogen-bond acceptors (Lipinski definition) is 0.